The van der Waals surface area contributed by atoms with E-state index in [1.807, 2.05) is 12.1 Å². The molecule has 2 rings (SSSR count). The Balaban J connectivity index is 2.28. The van der Waals surface area contributed by atoms with Gasteiger partial charge in [0, 0.05) is 0 Å². The van der Waals surface area contributed by atoms with Gasteiger partial charge < -0.3 is 20.9 Å². The fourth-order valence-electron chi connectivity index (χ4n) is 1.44. The van der Waals surface area contributed by atoms with Gasteiger partial charge in [-0.3, -0.25) is 0 Å². The van der Waals surface area contributed by atoms with Crippen molar-refractivity contribution in [2.45, 2.75) is 6.54 Å². The molecule has 0 saturated heterocycles. The highest BCUT2D eigenvalue weighted by Gasteiger charge is 2.15. The van der Waals surface area contributed by atoms with E-state index < -0.39 is 0 Å². The summed E-state index contributed by atoms with van der Waals surface area (Å²) >= 11 is 3.42. The Morgan fingerprint density at radius 1 is 1.31 bits per heavy atom. The normalized spacial score (nSPS) is 13.3. The van der Waals surface area contributed by atoms with Gasteiger partial charge in [-0.05, 0) is 33.6 Å². The lowest BCUT2D eigenvalue weighted by Crippen LogP contribution is -2.22. The molecule has 1 aromatic rings. The molecule has 0 bridgehead atoms. The SMILES string of the molecule is NC(N)=NCc1cc(Br)c2c(c1)OCCO2. The molecule has 0 fully saturated rings. The van der Waals surface area contributed by atoms with E-state index in [0.29, 0.717) is 19.8 Å². The minimum atomic E-state index is 0.0750. The highest BCUT2D eigenvalue weighted by Crippen LogP contribution is 2.38. The molecule has 0 saturated carbocycles. The Labute approximate surface area is 102 Å². The molecule has 16 heavy (non-hydrogen) atoms. The Bertz CT molecular complexity index is 430. The molecule has 6 heteroatoms. The Hall–Kier alpha value is -1.43. The van der Waals surface area contributed by atoms with Crippen molar-refractivity contribution in [3.63, 3.8) is 0 Å². The summed E-state index contributed by atoms with van der Waals surface area (Å²) in [5.41, 5.74) is 11.5. The van der Waals surface area contributed by atoms with Crippen molar-refractivity contribution >= 4 is 21.9 Å². The number of hydrogen-bond acceptors (Lipinski definition) is 3. The summed E-state index contributed by atoms with van der Waals surface area (Å²) in [6, 6.07) is 3.80. The number of nitrogens with zero attached hydrogens (tertiary/aromatic N) is 1. The van der Waals surface area contributed by atoms with Crippen LogP contribution >= 0.6 is 15.9 Å². The molecule has 5 nitrogen and oxygen atoms in total. The van der Waals surface area contributed by atoms with Gasteiger partial charge in [0.15, 0.2) is 17.5 Å². The van der Waals surface area contributed by atoms with E-state index in [0.717, 1.165) is 21.5 Å². The van der Waals surface area contributed by atoms with Crippen LogP contribution in [0.2, 0.25) is 0 Å². The Kier molecular flexibility index (Phi) is 3.19. The Morgan fingerprint density at radius 2 is 2.06 bits per heavy atom. The average Bonchev–Trinajstić information content (AvgIpc) is 2.26. The first kappa shape index (κ1) is 11.1. The van der Waals surface area contributed by atoms with Crippen molar-refractivity contribution in [1.82, 2.24) is 0 Å². The zero-order valence-electron chi connectivity index (χ0n) is 8.57. The monoisotopic (exact) mass is 285 g/mol. The molecule has 0 atom stereocenters. The molecule has 0 aliphatic carbocycles. The summed E-state index contributed by atoms with van der Waals surface area (Å²) in [6.07, 6.45) is 0. The molecule has 0 amide bonds. The van der Waals surface area contributed by atoms with Crippen LogP contribution in [-0.4, -0.2) is 19.2 Å². The molecule has 86 valence electrons. The third-order valence-electron chi connectivity index (χ3n) is 2.10. The van der Waals surface area contributed by atoms with E-state index in [1.165, 1.54) is 0 Å². The molecule has 1 heterocycles. The number of guanidine groups is 1. The molecule has 1 aliphatic heterocycles. The minimum Gasteiger partial charge on any atom is -0.486 e. The second kappa shape index (κ2) is 4.61. The zero-order valence-corrected chi connectivity index (χ0v) is 10.2. The average molecular weight is 286 g/mol. The number of benzene rings is 1. The van der Waals surface area contributed by atoms with Gasteiger partial charge in [0.1, 0.15) is 13.2 Å². The van der Waals surface area contributed by atoms with Crippen LogP contribution in [0.1, 0.15) is 5.56 Å². The highest BCUT2D eigenvalue weighted by molar-refractivity contribution is 9.10. The molecule has 0 unspecified atom stereocenters. The van der Waals surface area contributed by atoms with E-state index in [1.54, 1.807) is 0 Å². The zero-order chi connectivity index (χ0) is 11.5. The third kappa shape index (κ3) is 2.38. The van der Waals surface area contributed by atoms with E-state index in [4.69, 9.17) is 20.9 Å². The van der Waals surface area contributed by atoms with Gasteiger partial charge in [0.25, 0.3) is 0 Å². The van der Waals surface area contributed by atoms with Crippen LogP contribution in [0.4, 0.5) is 0 Å². The number of ether oxygens (including phenoxy) is 2. The molecule has 4 N–H and O–H groups in total. The molecule has 0 spiro atoms. The number of aliphatic imine (C=N–C) groups is 1. The number of rotatable bonds is 2. The lowest BCUT2D eigenvalue weighted by molar-refractivity contribution is 0.170. The predicted octanol–water partition coefficient (Wildman–Crippen LogP) is 0.994. The predicted molar refractivity (Wildman–Crippen MR) is 64.6 cm³/mol. The third-order valence-corrected chi connectivity index (χ3v) is 2.69. The van der Waals surface area contributed by atoms with Gasteiger partial charge in [-0.2, -0.15) is 0 Å². The standard InChI is InChI=1S/C10H12BrN3O2/c11-7-3-6(5-14-10(12)13)4-8-9(7)16-2-1-15-8/h3-4H,1-2,5H2,(H4,12,13,14). The molecule has 1 aromatic carbocycles. The van der Waals surface area contributed by atoms with Crippen molar-refractivity contribution in [2.75, 3.05) is 13.2 Å². The van der Waals surface area contributed by atoms with E-state index in [2.05, 4.69) is 20.9 Å². The summed E-state index contributed by atoms with van der Waals surface area (Å²) in [4.78, 5) is 3.94. The van der Waals surface area contributed by atoms with E-state index in [9.17, 15) is 0 Å². The maximum Gasteiger partial charge on any atom is 0.186 e. The lowest BCUT2D eigenvalue weighted by atomic mass is 10.2. The molecule has 1 aliphatic rings. The first-order chi connectivity index (χ1) is 7.66. The van der Waals surface area contributed by atoms with Crippen LogP contribution in [-0.2, 0) is 6.54 Å². The van der Waals surface area contributed by atoms with Crippen LogP contribution in [0, 0.1) is 0 Å². The molecular formula is C10H12BrN3O2. The number of hydrogen-bond donors (Lipinski definition) is 2. The smallest absolute Gasteiger partial charge is 0.186 e. The van der Waals surface area contributed by atoms with Gasteiger partial charge in [-0.1, -0.05) is 0 Å². The van der Waals surface area contributed by atoms with Crippen LogP contribution in [0.15, 0.2) is 21.6 Å². The minimum absolute atomic E-state index is 0.0750. The largest absolute Gasteiger partial charge is 0.486 e. The van der Waals surface area contributed by atoms with E-state index >= 15 is 0 Å². The van der Waals surface area contributed by atoms with Gasteiger partial charge in [0.2, 0.25) is 0 Å². The van der Waals surface area contributed by atoms with Crippen molar-refractivity contribution in [3.05, 3.63) is 22.2 Å². The fourth-order valence-corrected chi connectivity index (χ4v) is 2.04. The van der Waals surface area contributed by atoms with Crippen molar-refractivity contribution < 1.29 is 9.47 Å². The van der Waals surface area contributed by atoms with Gasteiger partial charge in [0.05, 0.1) is 11.0 Å². The second-order valence-electron chi connectivity index (χ2n) is 3.34. The van der Waals surface area contributed by atoms with Crippen LogP contribution in [0.5, 0.6) is 11.5 Å². The van der Waals surface area contributed by atoms with Gasteiger partial charge in [-0.15, -0.1) is 0 Å². The van der Waals surface area contributed by atoms with Crippen LogP contribution in [0.25, 0.3) is 0 Å². The summed E-state index contributed by atoms with van der Waals surface area (Å²) in [5, 5.41) is 0. The molecule has 0 radical (unpaired) electrons. The quantitative estimate of drug-likeness (QED) is 0.627. The number of halogens is 1. The molecule has 0 aromatic heterocycles. The lowest BCUT2D eigenvalue weighted by Gasteiger charge is -2.20. The summed E-state index contributed by atoms with van der Waals surface area (Å²) in [5.74, 6) is 1.53. The maximum absolute atomic E-state index is 5.49. The van der Waals surface area contributed by atoms with Crippen LogP contribution in [0.3, 0.4) is 0 Å². The van der Waals surface area contributed by atoms with Crippen molar-refractivity contribution in [2.24, 2.45) is 16.5 Å². The summed E-state index contributed by atoms with van der Waals surface area (Å²) in [6.45, 7) is 1.56. The first-order valence-corrected chi connectivity index (χ1v) is 5.59. The fraction of sp³-hybridized carbons (Fsp3) is 0.300. The number of nitrogens with two attached hydrogens (primary N) is 2. The van der Waals surface area contributed by atoms with E-state index in [-0.39, 0.29) is 5.96 Å². The van der Waals surface area contributed by atoms with Gasteiger partial charge >= 0.3 is 0 Å². The summed E-state index contributed by atoms with van der Waals surface area (Å²) in [7, 11) is 0. The second-order valence-corrected chi connectivity index (χ2v) is 4.20. The Morgan fingerprint density at radius 3 is 2.81 bits per heavy atom. The van der Waals surface area contributed by atoms with Crippen LogP contribution < -0.4 is 20.9 Å². The van der Waals surface area contributed by atoms with Crippen molar-refractivity contribution in [1.29, 1.82) is 0 Å². The first-order valence-electron chi connectivity index (χ1n) is 4.80. The summed E-state index contributed by atoms with van der Waals surface area (Å²) < 4.78 is 11.8. The highest BCUT2D eigenvalue weighted by atomic mass is 79.9. The van der Waals surface area contributed by atoms with Gasteiger partial charge in [-0.25, -0.2) is 4.99 Å². The van der Waals surface area contributed by atoms with Crippen molar-refractivity contribution in [3.8, 4) is 11.5 Å². The maximum atomic E-state index is 5.49. The number of fused-ring (bicyclic) bond motifs is 1. The topological polar surface area (TPSA) is 82.9 Å². The molecular weight excluding hydrogens is 274 g/mol.